The van der Waals surface area contributed by atoms with Crippen molar-refractivity contribution in [3.05, 3.63) is 35.8 Å². The summed E-state index contributed by atoms with van der Waals surface area (Å²) in [5.74, 6) is 1.10. The number of nitrogens with zero attached hydrogens (tertiary/aromatic N) is 1. The standard InChI is InChI=1S/C16H16N2O4/c1-4-21-16(18)15-11(8-17)12(9-22-15)10-5-6-13(19-2)14(7-10)20-3/h5-7,9,18H,4H2,1-3H3. The van der Waals surface area contributed by atoms with Gasteiger partial charge in [-0.05, 0) is 24.6 Å². The minimum absolute atomic E-state index is 0.120. The average molecular weight is 300 g/mol. The largest absolute Gasteiger partial charge is 0.493 e. The van der Waals surface area contributed by atoms with Gasteiger partial charge in [0, 0.05) is 5.56 Å². The zero-order valence-corrected chi connectivity index (χ0v) is 12.6. The van der Waals surface area contributed by atoms with E-state index in [0.717, 1.165) is 5.56 Å². The van der Waals surface area contributed by atoms with Crippen LogP contribution in [0.3, 0.4) is 0 Å². The molecule has 0 amide bonds. The highest BCUT2D eigenvalue weighted by atomic mass is 16.5. The van der Waals surface area contributed by atoms with Crippen LogP contribution < -0.4 is 9.47 Å². The maximum Gasteiger partial charge on any atom is 0.251 e. The van der Waals surface area contributed by atoms with Crippen LogP contribution in [-0.4, -0.2) is 26.7 Å². The Hall–Kier alpha value is -2.94. The molecule has 1 N–H and O–H groups in total. The van der Waals surface area contributed by atoms with Crippen LogP contribution in [0.25, 0.3) is 11.1 Å². The monoisotopic (exact) mass is 300 g/mol. The fraction of sp³-hybridized carbons (Fsp3) is 0.250. The first kappa shape index (κ1) is 15.4. The molecule has 0 atom stereocenters. The van der Waals surface area contributed by atoms with E-state index >= 15 is 0 Å². The quantitative estimate of drug-likeness (QED) is 0.676. The number of nitriles is 1. The van der Waals surface area contributed by atoms with Crippen molar-refractivity contribution in [2.24, 2.45) is 0 Å². The van der Waals surface area contributed by atoms with E-state index in [1.165, 1.54) is 6.26 Å². The third-order valence-electron chi connectivity index (χ3n) is 3.09. The third kappa shape index (κ3) is 2.74. The number of ether oxygens (including phenoxy) is 3. The van der Waals surface area contributed by atoms with Crippen LogP contribution in [0.2, 0.25) is 0 Å². The van der Waals surface area contributed by atoms with Gasteiger partial charge >= 0.3 is 0 Å². The summed E-state index contributed by atoms with van der Waals surface area (Å²) in [5.41, 5.74) is 1.56. The van der Waals surface area contributed by atoms with E-state index < -0.39 is 0 Å². The number of methoxy groups -OCH3 is 2. The summed E-state index contributed by atoms with van der Waals surface area (Å²) in [6.45, 7) is 2.09. The first-order chi connectivity index (χ1) is 10.7. The number of hydrogen-bond acceptors (Lipinski definition) is 6. The lowest BCUT2D eigenvalue weighted by atomic mass is 10.0. The van der Waals surface area contributed by atoms with Gasteiger partial charge in [-0.25, -0.2) is 0 Å². The van der Waals surface area contributed by atoms with Gasteiger partial charge < -0.3 is 18.6 Å². The summed E-state index contributed by atoms with van der Waals surface area (Å²) >= 11 is 0. The molecule has 1 aromatic carbocycles. The van der Waals surface area contributed by atoms with Gasteiger partial charge in [0.05, 0.1) is 20.8 Å². The number of rotatable bonds is 5. The minimum Gasteiger partial charge on any atom is -0.493 e. The van der Waals surface area contributed by atoms with Crippen LogP contribution in [-0.2, 0) is 4.74 Å². The molecule has 6 heteroatoms. The van der Waals surface area contributed by atoms with Crippen molar-refractivity contribution in [3.8, 4) is 28.7 Å². The predicted octanol–water partition coefficient (Wildman–Crippen LogP) is 3.20. The van der Waals surface area contributed by atoms with Crippen LogP contribution >= 0.6 is 0 Å². The topological polar surface area (TPSA) is 88.5 Å². The van der Waals surface area contributed by atoms with Gasteiger partial charge in [0.1, 0.15) is 17.9 Å². The van der Waals surface area contributed by atoms with Crippen LogP contribution in [0, 0.1) is 16.7 Å². The van der Waals surface area contributed by atoms with E-state index in [-0.39, 0.29) is 17.2 Å². The fourth-order valence-corrected chi connectivity index (χ4v) is 2.06. The van der Waals surface area contributed by atoms with E-state index in [9.17, 15) is 5.26 Å². The van der Waals surface area contributed by atoms with Crippen LogP contribution in [0.4, 0.5) is 0 Å². The van der Waals surface area contributed by atoms with Crippen molar-refractivity contribution in [3.63, 3.8) is 0 Å². The van der Waals surface area contributed by atoms with Crippen molar-refractivity contribution in [1.82, 2.24) is 0 Å². The third-order valence-corrected chi connectivity index (χ3v) is 3.09. The Morgan fingerprint density at radius 2 is 2.00 bits per heavy atom. The molecule has 2 rings (SSSR count). The molecule has 0 aliphatic heterocycles. The Bertz CT molecular complexity index is 728. The Morgan fingerprint density at radius 3 is 2.59 bits per heavy atom. The SMILES string of the molecule is CCOC(=N)c1occ(-c2ccc(OC)c(OC)c2)c1C#N. The maximum atomic E-state index is 9.38. The van der Waals surface area contributed by atoms with Crippen molar-refractivity contribution < 1.29 is 18.6 Å². The Kier molecular flexibility index (Phi) is 4.69. The summed E-state index contributed by atoms with van der Waals surface area (Å²) < 4.78 is 20.9. The highest BCUT2D eigenvalue weighted by molar-refractivity contribution is 5.94. The molecule has 0 bridgehead atoms. The molecule has 2 aromatic rings. The normalized spacial score (nSPS) is 9.91. The highest BCUT2D eigenvalue weighted by Crippen LogP contribution is 2.35. The molecule has 0 radical (unpaired) electrons. The van der Waals surface area contributed by atoms with E-state index in [2.05, 4.69) is 6.07 Å². The molecule has 0 saturated heterocycles. The van der Waals surface area contributed by atoms with E-state index in [0.29, 0.717) is 23.7 Å². The van der Waals surface area contributed by atoms with Gasteiger partial charge in [0.25, 0.3) is 5.90 Å². The van der Waals surface area contributed by atoms with E-state index in [1.54, 1.807) is 39.3 Å². The molecule has 0 fully saturated rings. The number of hydrogen-bond donors (Lipinski definition) is 1. The first-order valence-corrected chi connectivity index (χ1v) is 6.61. The molecule has 1 heterocycles. The molecule has 0 aliphatic carbocycles. The number of furan rings is 1. The zero-order chi connectivity index (χ0) is 16.1. The Labute approximate surface area is 128 Å². The first-order valence-electron chi connectivity index (χ1n) is 6.61. The van der Waals surface area contributed by atoms with Crippen molar-refractivity contribution >= 4 is 5.90 Å². The summed E-state index contributed by atoms with van der Waals surface area (Å²) in [7, 11) is 3.09. The second kappa shape index (κ2) is 6.68. The fourth-order valence-electron chi connectivity index (χ4n) is 2.06. The van der Waals surface area contributed by atoms with Crippen LogP contribution in [0.15, 0.2) is 28.9 Å². The Morgan fingerprint density at radius 1 is 1.27 bits per heavy atom. The Balaban J connectivity index is 2.50. The minimum atomic E-state index is -0.161. The lowest BCUT2D eigenvalue weighted by Gasteiger charge is -2.09. The zero-order valence-electron chi connectivity index (χ0n) is 12.6. The van der Waals surface area contributed by atoms with E-state index in [4.69, 9.17) is 24.0 Å². The molecule has 114 valence electrons. The van der Waals surface area contributed by atoms with Gasteiger partial charge in [0.2, 0.25) is 5.76 Å². The van der Waals surface area contributed by atoms with Crippen LogP contribution in [0.5, 0.6) is 11.5 Å². The van der Waals surface area contributed by atoms with Gasteiger partial charge in [-0.3, -0.25) is 5.41 Å². The summed E-state index contributed by atoms with van der Waals surface area (Å²) in [6.07, 6.45) is 1.43. The maximum absolute atomic E-state index is 9.38. The molecule has 0 spiro atoms. The lowest BCUT2D eigenvalue weighted by molar-refractivity contribution is 0.316. The molecule has 0 aliphatic rings. The summed E-state index contributed by atoms with van der Waals surface area (Å²) in [5, 5.41) is 17.2. The number of benzene rings is 1. The summed E-state index contributed by atoms with van der Waals surface area (Å²) in [4.78, 5) is 0. The molecule has 6 nitrogen and oxygen atoms in total. The second-order valence-corrected chi connectivity index (χ2v) is 4.30. The van der Waals surface area contributed by atoms with Crippen molar-refractivity contribution in [2.45, 2.75) is 6.92 Å². The second-order valence-electron chi connectivity index (χ2n) is 4.30. The van der Waals surface area contributed by atoms with E-state index in [1.807, 2.05) is 0 Å². The predicted molar refractivity (Wildman–Crippen MR) is 80.4 cm³/mol. The molecular weight excluding hydrogens is 284 g/mol. The summed E-state index contributed by atoms with van der Waals surface area (Å²) in [6, 6.07) is 7.35. The lowest BCUT2D eigenvalue weighted by Crippen LogP contribution is -2.05. The average Bonchev–Trinajstić information content (AvgIpc) is 2.98. The van der Waals surface area contributed by atoms with Crippen molar-refractivity contribution in [2.75, 3.05) is 20.8 Å². The molecule has 22 heavy (non-hydrogen) atoms. The van der Waals surface area contributed by atoms with Crippen molar-refractivity contribution in [1.29, 1.82) is 10.7 Å². The highest BCUT2D eigenvalue weighted by Gasteiger charge is 2.20. The van der Waals surface area contributed by atoms with Gasteiger partial charge in [-0.1, -0.05) is 6.07 Å². The molecule has 0 saturated carbocycles. The van der Waals surface area contributed by atoms with Gasteiger partial charge in [-0.2, -0.15) is 5.26 Å². The van der Waals surface area contributed by atoms with Gasteiger partial charge in [0.15, 0.2) is 11.5 Å². The van der Waals surface area contributed by atoms with Crippen LogP contribution in [0.1, 0.15) is 18.2 Å². The number of nitrogens with one attached hydrogen (secondary N) is 1. The molecule has 0 unspecified atom stereocenters. The van der Waals surface area contributed by atoms with Gasteiger partial charge in [-0.15, -0.1) is 0 Å². The smallest absolute Gasteiger partial charge is 0.251 e. The molecular formula is C16H16N2O4. The molecule has 1 aromatic heterocycles.